The molecule has 4 rings (SSSR count). The van der Waals surface area contributed by atoms with Gasteiger partial charge in [0.2, 0.25) is 11.7 Å². The van der Waals surface area contributed by atoms with Crippen LogP contribution in [0.5, 0.6) is 0 Å². The van der Waals surface area contributed by atoms with Crippen molar-refractivity contribution in [3.05, 3.63) is 34.6 Å². The first-order valence-corrected chi connectivity index (χ1v) is 10.2. The van der Waals surface area contributed by atoms with Gasteiger partial charge in [0.15, 0.2) is 5.16 Å². The third-order valence-electron chi connectivity index (χ3n) is 5.14. The van der Waals surface area contributed by atoms with Crippen LogP contribution in [0.4, 0.5) is 0 Å². The molecule has 2 unspecified atom stereocenters. The first-order chi connectivity index (χ1) is 13.0. The quantitative estimate of drug-likeness (QED) is 0.646. The number of hydrogen-bond acceptors (Lipinski definition) is 5. The van der Waals surface area contributed by atoms with Gasteiger partial charge >= 0.3 is 0 Å². The Balaban J connectivity index is 1.63. The Kier molecular flexibility index (Phi) is 4.67. The van der Waals surface area contributed by atoms with E-state index in [-0.39, 0.29) is 11.5 Å². The fourth-order valence-electron chi connectivity index (χ4n) is 3.99. The summed E-state index contributed by atoms with van der Waals surface area (Å²) < 4.78 is 3.35. The molecule has 1 saturated heterocycles. The molecule has 7 nitrogen and oxygen atoms in total. The Bertz CT molecular complexity index is 1060. The van der Waals surface area contributed by atoms with Crippen LogP contribution in [0.1, 0.15) is 20.3 Å². The number of nitrogens with zero attached hydrogens (tertiary/aromatic N) is 5. The molecule has 3 heterocycles. The van der Waals surface area contributed by atoms with Crippen LogP contribution in [0.25, 0.3) is 16.7 Å². The van der Waals surface area contributed by atoms with E-state index in [2.05, 4.69) is 24.0 Å². The fourth-order valence-corrected chi connectivity index (χ4v) is 4.83. The van der Waals surface area contributed by atoms with Gasteiger partial charge in [-0.1, -0.05) is 37.7 Å². The molecule has 142 valence electrons. The van der Waals surface area contributed by atoms with Gasteiger partial charge in [-0.15, -0.1) is 10.2 Å². The van der Waals surface area contributed by atoms with Crippen LogP contribution >= 0.6 is 11.8 Å². The average molecular weight is 385 g/mol. The number of para-hydroxylation sites is 1. The van der Waals surface area contributed by atoms with E-state index < -0.39 is 0 Å². The van der Waals surface area contributed by atoms with E-state index in [1.807, 2.05) is 27.5 Å². The van der Waals surface area contributed by atoms with Crippen molar-refractivity contribution in [1.82, 2.24) is 24.1 Å². The lowest BCUT2D eigenvalue weighted by atomic mass is 9.92. The molecule has 2 aromatic heterocycles. The molecule has 0 spiro atoms. The number of piperidine rings is 1. The van der Waals surface area contributed by atoms with Crippen molar-refractivity contribution in [3.63, 3.8) is 0 Å². The lowest BCUT2D eigenvalue weighted by molar-refractivity contribution is -0.130. The van der Waals surface area contributed by atoms with Crippen LogP contribution < -0.4 is 5.56 Å². The number of carbonyl (C=O) groups is 1. The van der Waals surface area contributed by atoms with E-state index in [9.17, 15) is 9.59 Å². The highest BCUT2D eigenvalue weighted by Gasteiger charge is 2.26. The summed E-state index contributed by atoms with van der Waals surface area (Å²) in [4.78, 5) is 27.2. The molecule has 1 fully saturated rings. The summed E-state index contributed by atoms with van der Waals surface area (Å²) in [5, 5.41) is 9.65. The van der Waals surface area contributed by atoms with Gasteiger partial charge in [-0.3, -0.25) is 18.6 Å². The third kappa shape index (κ3) is 3.22. The Morgan fingerprint density at radius 1 is 1.19 bits per heavy atom. The van der Waals surface area contributed by atoms with Crippen LogP contribution in [0.2, 0.25) is 0 Å². The molecule has 0 radical (unpaired) electrons. The molecule has 0 bridgehead atoms. The normalized spacial score (nSPS) is 20.5. The summed E-state index contributed by atoms with van der Waals surface area (Å²) >= 11 is 1.37. The molecule has 3 aromatic rings. The molecule has 2 atom stereocenters. The summed E-state index contributed by atoms with van der Waals surface area (Å²) in [6.45, 7) is 6.03. The minimum absolute atomic E-state index is 0.102. The van der Waals surface area contributed by atoms with Crippen molar-refractivity contribution in [2.24, 2.45) is 18.9 Å². The number of fused-ring (bicyclic) bond motifs is 3. The van der Waals surface area contributed by atoms with E-state index in [4.69, 9.17) is 0 Å². The maximum absolute atomic E-state index is 12.7. The molecule has 1 aliphatic heterocycles. The molecular weight excluding hydrogens is 362 g/mol. The third-order valence-corrected chi connectivity index (χ3v) is 6.06. The maximum Gasteiger partial charge on any atom is 0.262 e. The molecule has 27 heavy (non-hydrogen) atoms. The molecular formula is C19H23N5O2S. The fraction of sp³-hybridized carbons (Fsp3) is 0.474. The molecule has 1 aliphatic rings. The van der Waals surface area contributed by atoms with Crippen LogP contribution in [-0.4, -0.2) is 48.8 Å². The lowest BCUT2D eigenvalue weighted by Crippen LogP contribution is -2.43. The highest BCUT2D eigenvalue weighted by molar-refractivity contribution is 7.99. The summed E-state index contributed by atoms with van der Waals surface area (Å²) in [5.41, 5.74) is 0.658. The smallest absolute Gasteiger partial charge is 0.262 e. The number of rotatable bonds is 3. The Hall–Kier alpha value is -2.35. The van der Waals surface area contributed by atoms with Crippen molar-refractivity contribution < 1.29 is 4.79 Å². The maximum atomic E-state index is 12.7. The van der Waals surface area contributed by atoms with Gasteiger partial charge < -0.3 is 4.90 Å². The predicted octanol–water partition coefficient (Wildman–Crippen LogP) is 2.18. The zero-order chi connectivity index (χ0) is 19.1. The van der Waals surface area contributed by atoms with Crippen molar-refractivity contribution >= 4 is 34.3 Å². The number of likely N-dealkylation sites (tertiary alicyclic amines) is 1. The summed E-state index contributed by atoms with van der Waals surface area (Å²) in [6.07, 6.45) is 1.17. The monoisotopic (exact) mass is 385 g/mol. The van der Waals surface area contributed by atoms with Crippen molar-refractivity contribution in [2.45, 2.75) is 25.4 Å². The minimum Gasteiger partial charge on any atom is -0.341 e. The number of carbonyl (C=O) groups excluding carboxylic acids is 1. The summed E-state index contributed by atoms with van der Waals surface area (Å²) in [6, 6.07) is 7.41. The van der Waals surface area contributed by atoms with Crippen LogP contribution in [0.3, 0.4) is 0 Å². The minimum atomic E-state index is -0.102. The average Bonchev–Trinajstić information content (AvgIpc) is 3.07. The number of benzene rings is 1. The number of aromatic nitrogens is 4. The van der Waals surface area contributed by atoms with E-state index >= 15 is 0 Å². The van der Waals surface area contributed by atoms with E-state index in [1.165, 1.54) is 22.7 Å². The van der Waals surface area contributed by atoms with Crippen molar-refractivity contribution in [2.75, 3.05) is 18.8 Å². The molecule has 8 heteroatoms. The van der Waals surface area contributed by atoms with Gasteiger partial charge in [0.25, 0.3) is 5.56 Å². The zero-order valence-corrected chi connectivity index (χ0v) is 16.6. The van der Waals surface area contributed by atoms with E-state index in [1.54, 1.807) is 13.1 Å². The second-order valence-electron chi connectivity index (χ2n) is 7.53. The SMILES string of the molecule is CC1CC(C)CN(C(=O)CSc2nnc3n(C)c(=O)c4ccccc4n23)C1. The number of amides is 1. The first kappa shape index (κ1) is 18.0. The molecule has 0 saturated carbocycles. The predicted molar refractivity (Wildman–Crippen MR) is 106 cm³/mol. The topological polar surface area (TPSA) is 72.5 Å². The number of hydrogen-bond donors (Lipinski definition) is 0. The Morgan fingerprint density at radius 3 is 2.63 bits per heavy atom. The molecule has 1 aromatic carbocycles. The van der Waals surface area contributed by atoms with Crippen LogP contribution in [0.15, 0.2) is 34.2 Å². The van der Waals surface area contributed by atoms with Gasteiger partial charge in [-0.25, -0.2) is 0 Å². The second kappa shape index (κ2) is 6.99. The largest absolute Gasteiger partial charge is 0.341 e. The molecule has 1 amide bonds. The zero-order valence-electron chi connectivity index (χ0n) is 15.8. The van der Waals surface area contributed by atoms with Gasteiger partial charge in [0, 0.05) is 20.1 Å². The standard InChI is InChI=1S/C19H23N5O2S/c1-12-8-13(2)10-23(9-12)16(25)11-27-19-21-20-18-22(3)17(26)14-6-4-5-7-15(14)24(18)19/h4-7,12-13H,8-11H2,1-3H3. The highest BCUT2D eigenvalue weighted by Crippen LogP contribution is 2.24. The van der Waals surface area contributed by atoms with E-state index in [0.717, 1.165) is 18.6 Å². The molecule has 0 N–H and O–H groups in total. The molecule has 0 aliphatic carbocycles. The van der Waals surface area contributed by atoms with Crippen LogP contribution in [-0.2, 0) is 11.8 Å². The number of aryl methyl sites for hydroxylation is 1. The summed E-state index contributed by atoms with van der Waals surface area (Å²) in [7, 11) is 1.69. The number of thioether (sulfide) groups is 1. The summed E-state index contributed by atoms with van der Waals surface area (Å²) in [5.74, 6) is 2.00. The Labute approximate surface area is 161 Å². The van der Waals surface area contributed by atoms with Crippen LogP contribution in [0, 0.1) is 11.8 Å². The highest BCUT2D eigenvalue weighted by atomic mass is 32.2. The van der Waals surface area contributed by atoms with Gasteiger partial charge in [0.1, 0.15) is 0 Å². The van der Waals surface area contributed by atoms with E-state index in [0.29, 0.717) is 33.9 Å². The second-order valence-corrected chi connectivity index (χ2v) is 8.48. The van der Waals surface area contributed by atoms with Gasteiger partial charge in [0.05, 0.1) is 16.7 Å². The van der Waals surface area contributed by atoms with Crippen molar-refractivity contribution in [3.8, 4) is 0 Å². The van der Waals surface area contributed by atoms with Gasteiger partial charge in [-0.2, -0.15) is 0 Å². The first-order valence-electron chi connectivity index (χ1n) is 9.19. The van der Waals surface area contributed by atoms with Crippen molar-refractivity contribution in [1.29, 1.82) is 0 Å². The van der Waals surface area contributed by atoms with Gasteiger partial charge in [-0.05, 0) is 30.4 Å². The lowest BCUT2D eigenvalue weighted by Gasteiger charge is -2.34. The Morgan fingerprint density at radius 2 is 1.89 bits per heavy atom.